The van der Waals surface area contributed by atoms with Crippen molar-refractivity contribution in [3.63, 3.8) is 0 Å². The molecule has 0 atom stereocenters. The lowest BCUT2D eigenvalue weighted by atomic mass is 10.1. The molecule has 0 spiro atoms. The van der Waals surface area contributed by atoms with Crippen molar-refractivity contribution in [2.75, 3.05) is 32.2 Å². The largest absolute Gasteiger partial charge is 0.383 e. The zero-order chi connectivity index (χ0) is 13.5. The second-order valence-corrected chi connectivity index (χ2v) is 5.06. The lowest BCUT2D eigenvalue weighted by Gasteiger charge is -2.24. The van der Waals surface area contributed by atoms with E-state index in [0.717, 1.165) is 29.4 Å². The Morgan fingerprint density at radius 1 is 1.39 bits per heavy atom. The fourth-order valence-corrected chi connectivity index (χ4v) is 1.84. The number of hydrogen-bond donors (Lipinski definition) is 1. The van der Waals surface area contributed by atoms with E-state index in [2.05, 4.69) is 43.2 Å². The van der Waals surface area contributed by atoms with Crippen LogP contribution >= 0.6 is 11.6 Å². The van der Waals surface area contributed by atoms with Gasteiger partial charge in [-0.25, -0.2) is 0 Å². The number of anilines is 1. The van der Waals surface area contributed by atoms with E-state index >= 15 is 0 Å². The van der Waals surface area contributed by atoms with E-state index in [0.29, 0.717) is 12.6 Å². The molecule has 1 aromatic rings. The van der Waals surface area contributed by atoms with Gasteiger partial charge in [0.1, 0.15) is 0 Å². The Kier molecular flexibility index (Phi) is 6.47. The summed E-state index contributed by atoms with van der Waals surface area (Å²) in [5.74, 6) is 0. The first-order valence-corrected chi connectivity index (χ1v) is 6.65. The smallest absolute Gasteiger partial charge is 0.0587 e. The molecule has 3 nitrogen and oxygen atoms in total. The van der Waals surface area contributed by atoms with Crippen LogP contribution in [0.2, 0.25) is 5.02 Å². The SMILES string of the molecule is COCCNCc1ccc(N(C)C(C)C)cc1Cl. The summed E-state index contributed by atoms with van der Waals surface area (Å²) >= 11 is 6.29. The van der Waals surface area contributed by atoms with Crippen molar-refractivity contribution in [1.82, 2.24) is 5.32 Å². The molecule has 18 heavy (non-hydrogen) atoms. The fourth-order valence-electron chi connectivity index (χ4n) is 1.59. The molecule has 0 aromatic heterocycles. The van der Waals surface area contributed by atoms with Crippen molar-refractivity contribution < 1.29 is 4.74 Å². The quantitative estimate of drug-likeness (QED) is 0.771. The van der Waals surface area contributed by atoms with Crippen LogP contribution in [-0.4, -0.2) is 33.4 Å². The van der Waals surface area contributed by atoms with Crippen LogP contribution in [0.4, 0.5) is 5.69 Å². The number of nitrogens with zero attached hydrogens (tertiary/aromatic N) is 1. The maximum absolute atomic E-state index is 6.29. The number of rotatable bonds is 7. The fraction of sp³-hybridized carbons (Fsp3) is 0.571. The minimum atomic E-state index is 0.465. The van der Waals surface area contributed by atoms with E-state index in [4.69, 9.17) is 16.3 Å². The number of methoxy groups -OCH3 is 1. The molecule has 0 aliphatic carbocycles. The molecule has 0 saturated carbocycles. The summed E-state index contributed by atoms with van der Waals surface area (Å²) in [7, 11) is 3.78. The summed E-state index contributed by atoms with van der Waals surface area (Å²) in [4.78, 5) is 2.20. The third-order valence-corrected chi connectivity index (χ3v) is 3.37. The maximum Gasteiger partial charge on any atom is 0.0587 e. The highest BCUT2D eigenvalue weighted by atomic mass is 35.5. The summed E-state index contributed by atoms with van der Waals surface area (Å²) < 4.78 is 4.98. The third kappa shape index (κ3) is 4.48. The highest BCUT2D eigenvalue weighted by Gasteiger charge is 2.07. The Hall–Kier alpha value is -0.770. The van der Waals surface area contributed by atoms with Crippen LogP contribution in [-0.2, 0) is 11.3 Å². The summed E-state index contributed by atoms with van der Waals surface area (Å²) in [6.07, 6.45) is 0. The van der Waals surface area contributed by atoms with E-state index in [9.17, 15) is 0 Å². The van der Waals surface area contributed by atoms with Crippen LogP contribution < -0.4 is 10.2 Å². The van der Waals surface area contributed by atoms with Crippen molar-refractivity contribution in [3.05, 3.63) is 28.8 Å². The highest BCUT2D eigenvalue weighted by molar-refractivity contribution is 6.31. The van der Waals surface area contributed by atoms with Crippen LogP contribution in [0.1, 0.15) is 19.4 Å². The predicted octanol–water partition coefficient (Wildman–Crippen LogP) is 2.92. The molecule has 0 amide bonds. The average molecular weight is 271 g/mol. The molecular formula is C14H23ClN2O. The van der Waals surface area contributed by atoms with E-state index in [-0.39, 0.29) is 0 Å². The zero-order valence-electron chi connectivity index (χ0n) is 11.7. The predicted molar refractivity (Wildman–Crippen MR) is 78.6 cm³/mol. The molecule has 1 N–H and O–H groups in total. The lowest BCUT2D eigenvalue weighted by Crippen LogP contribution is -2.25. The number of ether oxygens (including phenoxy) is 1. The first-order valence-electron chi connectivity index (χ1n) is 6.27. The van der Waals surface area contributed by atoms with Crippen molar-refractivity contribution in [3.8, 4) is 0 Å². The van der Waals surface area contributed by atoms with Gasteiger partial charge in [0.2, 0.25) is 0 Å². The molecule has 4 heteroatoms. The van der Waals surface area contributed by atoms with E-state index in [1.807, 2.05) is 6.07 Å². The second-order valence-electron chi connectivity index (χ2n) is 4.65. The van der Waals surface area contributed by atoms with E-state index < -0.39 is 0 Å². The van der Waals surface area contributed by atoms with Crippen LogP contribution in [0, 0.1) is 0 Å². The van der Waals surface area contributed by atoms with Gasteiger partial charge in [-0.15, -0.1) is 0 Å². The normalized spacial score (nSPS) is 11.0. The molecule has 0 bridgehead atoms. The number of halogens is 1. The average Bonchev–Trinajstić information content (AvgIpc) is 2.35. The highest BCUT2D eigenvalue weighted by Crippen LogP contribution is 2.24. The maximum atomic E-state index is 6.29. The van der Waals surface area contributed by atoms with Gasteiger partial charge in [0, 0.05) is 44.0 Å². The number of hydrogen-bond acceptors (Lipinski definition) is 3. The second kappa shape index (κ2) is 7.62. The Morgan fingerprint density at radius 3 is 2.67 bits per heavy atom. The first-order chi connectivity index (χ1) is 8.56. The standard InChI is InChI=1S/C14H23ClN2O/c1-11(2)17(3)13-6-5-12(14(15)9-13)10-16-7-8-18-4/h5-6,9,11,16H,7-8,10H2,1-4H3. The van der Waals surface area contributed by atoms with Crippen molar-refractivity contribution in [2.24, 2.45) is 0 Å². The molecule has 0 saturated heterocycles. The first kappa shape index (κ1) is 15.3. The van der Waals surface area contributed by atoms with Crippen LogP contribution in [0.25, 0.3) is 0 Å². The van der Waals surface area contributed by atoms with Gasteiger partial charge in [0.25, 0.3) is 0 Å². The summed E-state index contributed by atoms with van der Waals surface area (Å²) in [5.41, 5.74) is 2.27. The van der Waals surface area contributed by atoms with Gasteiger partial charge in [-0.1, -0.05) is 17.7 Å². The van der Waals surface area contributed by atoms with Gasteiger partial charge in [-0.05, 0) is 31.5 Å². The van der Waals surface area contributed by atoms with Gasteiger partial charge < -0.3 is 15.0 Å². The summed E-state index contributed by atoms with van der Waals surface area (Å²) in [5, 5.41) is 4.10. The minimum absolute atomic E-state index is 0.465. The van der Waals surface area contributed by atoms with Crippen molar-refractivity contribution in [2.45, 2.75) is 26.4 Å². The molecule has 0 unspecified atom stereocenters. The van der Waals surface area contributed by atoms with Gasteiger partial charge in [-0.2, -0.15) is 0 Å². The molecular weight excluding hydrogens is 248 g/mol. The number of nitrogens with one attached hydrogen (secondary N) is 1. The van der Waals surface area contributed by atoms with Crippen LogP contribution in [0.5, 0.6) is 0 Å². The van der Waals surface area contributed by atoms with Gasteiger partial charge in [0.15, 0.2) is 0 Å². The van der Waals surface area contributed by atoms with Crippen molar-refractivity contribution in [1.29, 1.82) is 0 Å². The number of benzene rings is 1. The van der Waals surface area contributed by atoms with E-state index in [1.54, 1.807) is 7.11 Å². The molecule has 1 rings (SSSR count). The van der Waals surface area contributed by atoms with E-state index in [1.165, 1.54) is 0 Å². The molecule has 0 aliphatic heterocycles. The van der Waals surface area contributed by atoms with Gasteiger partial charge in [-0.3, -0.25) is 0 Å². The third-order valence-electron chi connectivity index (χ3n) is 3.02. The summed E-state index contributed by atoms with van der Waals surface area (Å²) in [6.45, 7) is 6.64. The Labute approximate surface area is 115 Å². The summed E-state index contributed by atoms with van der Waals surface area (Å²) in [6, 6.07) is 6.68. The monoisotopic (exact) mass is 270 g/mol. The molecule has 0 aliphatic rings. The molecule has 102 valence electrons. The Bertz CT molecular complexity index is 369. The molecule has 0 fully saturated rings. The van der Waals surface area contributed by atoms with Crippen LogP contribution in [0.15, 0.2) is 18.2 Å². The molecule has 0 heterocycles. The topological polar surface area (TPSA) is 24.5 Å². The van der Waals surface area contributed by atoms with Crippen LogP contribution in [0.3, 0.4) is 0 Å². The van der Waals surface area contributed by atoms with Gasteiger partial charge in [0.05, 0.1) is 6.61 Å². The zero-order valence-corrected chi connectivity index (χ0v) is 12.4. The lowest BCUT2D eigenvalue weighted by molar-refractivity contribution is 0.199. The Morgan fingerprint density at radius 2 is 2.11 bits per heavy atom. The van der Waals surface area contributed by atoms with Crippen molar-refractivity contribution >= 4 is 17.3 Å². The molecule has 0 radical (unpaired) electrons. The minimum Gasteiger partial charge on any atom is -0.383 e. The molecule has 1 aromatic carbocycles. The Balaban J connectivity index is 2.62. The van der Waals surface area contributed by atoms with Gasteiger partial charge >= 0.3 is 0 Å².